The highest BCUT2D eigenvalue weighted by Crippen LogP contribution is 2.36. The van der Waals surface area contributed by atoms with Crippen LogP contribution in [0.1, 0.15) is 13.8 Å². The fourth-order valence-corrected chi connectivity index (χ4v) is 2.14. The Hall–Kier alpha value is -2.41. The molecule has 0 atom stereocenters. The number of benzene rings is 1. The summed E-state index contributed by atoms with van der Waals surface area (Å²) in [6, 6.07) is 5.87. The second-order valence-corrected chi connectivity index (χ2v) is 5.27. The first-order valence-corrected chi connectivity index (χ1v) is 6.53. The molecule has 0 saturated heterocycles. The van der Waals surface area contributed by atoms with Crippen molar-refractivity contribution in [2.24, 2.45) is 0 Å². The lowest BCUT2D eigenvalue weighted by atomic mass is 10.1. The topological polar surface area (TPSA) is 43.4 Å². The molecule has 1 N–H and O–H groups in total. The maximum absolute atomic E-state index is 5.62. The van der Waals surface area contributed by atoms with E-state index in [4.69, 9.17) is 15.9 Å². The van der Waals surface area contributed by atoms with Gasteiger partial charge in [-0.25, -0.2) is 4.98 Å². The number of nitrogens with one attached hydrogen (secondary N) is 1. The van der Waals surface area contributed by atoms with Crippen LogP contribution < -0.4 is 14.8 Å². The second-order valence-electron chi connectivity index (χ2n) is 5.27. The molecule has 0 unspecified atom stereocenters. The number of aromatic nitrogens is 1. The highest BCUT2D eigenvalue weighted by Gasteiger charge is 2.18. The number of fused-ring (bicyclic) bond motifs is 2. The van der Waals surface area contributed by atoms with Crippen LogP contribution in [0.25, 0.3) is 10.8 Å². The van der Waals surface area contributed by atoms with E-state index in [2.05, 4.69) is 16.2 Å². The Kier molecular flexibility index (Phi) is 2.90. The van der Waals surface area contributed by atoms with Gasteiger partial charge in [0, 0.05) is 11.6 Å². The molecular formula is C16H16N2O2. The molecule has 1 aliphatic rings. The van der Waals surface area contributed by atoms with Crippen molar-refractivity contribution < 1.29 is 9.47 Å². The van der Waals surface area contributed by atoms with Crippen molar-refractivity contribution in [3.63, 3.8) is 0 Å². The lowest BCUT2D eigenvalue weighted by molar-refractivity contribution is 0.172. The van der Waals surface area contributed by atoms with Crippen molar-refractivity contribution in [3.8, 4) is 23.8 Å². The molecule has 0 amide bonds. The zero-order chi connectivity index (χ0) is 14.2. The van der Waals surface area contributed by atoms with Crippen molar-refractivity contribution in [2.45, 2.75) is 19.4 Å². The van der Waals surface area contributed by atoms with Crippen LogP contribution >= 0.6 is 0 Å². The first-order valence-electron chi connectivity index (χ1n) is 6.53. The van der Waals surface area contributed by atoms with Gasteiger partial charge < -0.3 is 14.8 Å². The highest BCUT2D eigenvalue weighted by atomic mass is 16.6. The fourth-order valence-electron chi connectivity index (χ4n) is 2.14. The van der Waals surface area contributed by atoms with Crippen LogP contribution in [-0.4, -0.2) is 23.7 Å². The average Bonchev–Trinajstić information content (AvgIpc) is 2.45. The van der Waals surface area contributed by atoms with Gasteiger partial charge in [0.1, 0.15) is 19.0 Å². The second kappa shape index (κ2) is 4.61. The van der Waals surface area contributed by atoms with Crippen LogP contribution in [0.2, 0.25) is 0 Å². The number of anilines is 1. The third-order valence-electron chi connectivity index (χ3n) is 3.22. The Bertz CT molecular complexity index is 701. The van der Waals surface area contributed by atoms with Gasteiger partial charge in [0.2, 0.25) is 0 Å². The number of nitrogens with zero attached hydrogens (tertiary/aromatic N) is 1. The SMILES string of the molecule is C#CC(C)(C)Nc1nccc2cc3c(cc12)OCCO3. The normalized spacial score (nSPS) is 13.8. The standard InChI is InChI=1S/C16H16N2O2/c1-4-16(2,3)18-15-12-10-14-13(19-7-8-20-14)9-11(12)5-6-17-15/h1,5-6,9-10H,7-8H2,2-3H3,(H,17,18). The summed E-state index contributed by atoms with van der Waals surface area (Å²) < 4.78 is 11.2. The van der Waals surface area contributed by atoms with Crippen molar-refractivity contribution in [1.82, 2.24) is 4.98 Å². The van der Waals surface area contributed by atoms with Gasteiger partial charge in [-0.1, -0.05) is 5.92 Å². The molecule has 4 nitrogen and oxygen atoms in total. The Balaban J connectivity index is 2.12. The molecule has 20 heavy (non-hydrogen) atoms. The zero-order valence-electron chi connectivity index (χ0n) is 11.6. The first kappa shape index (κ1) is 12.6. The lowest BCUT2D eigenvalue weighted by Gasteiger charge is -2.23. The molecule has 0 fully saturated rings. The molecule has 3 rings (SSSR count). The molecule has 0 spiro atoms. The van der Waals surface area contributed by atoms with Crippen LogP contribution in [0.3, 0.4) is 0 Å². The number of hydrogen-bond donors (Lipinski definition) is 1. The number of rotatable bonds is 2. The van der Waals surface area contributed by atoms with Gasteiger partial charge in [0.25, 0.3) is 0 Å². The number of pyridine rings is 1. The highest BCUT2D eigenvalue weighted by molar-refractivity contribution is 5.94. The van der Waals surface area contributed by atoms with Gasteiger partial charge in [-0.2, -0.15) is 0 Å². The molecule has 1 aliphatic heterocycles. The van der Waals surface area contributed by atoms with E-state index in [-0.39, 0.29) is 0 Å². The van der Waals surface area contributed by atoms with Crippen molar-refractivity contribution in [2.75, 3.05) is 18.5 Å². The maximum atomic E-state index is 5.62. The van der Waals surface area contributed by atoms with Crippen molar-refractivity contribution in [3.05, 3.63) is 24.4 Å². The van der Waals surface area contributed by atoms with Gasteiger partial charge >= 0.3 is 0 Å². The number of hydrogen-bond acceptors (Lipinski definition) is 4. The monoisotopic (exact) mass is 268 g/mol. The van der Waals surface area contributed by atoms with E-state index in [0.29, 0.717) is 13.2 Å². The minimum absolute atomic E-state index is 0.464. The smallest absolute Gasteiger partial charge is 0.162 e. The molecule has 0 saturated carbocycles. The molecule has 0 bridgehead atoms. The molecule has 0 aliphatic carbocycles. The molecule has 1 aromatic carbocycles. The van der Waals surface area contributed by atoms with E-state index < -0.39 is 5.54 Å². The van der Waals surface area contributed by atoms with E-state index in [1.807, 2.05) is 32.0 Å². The van der Waals surface area contributed by atoms with Gasteiger partial charge in [-0.05, 0) is 37.4 Å². The summed E-state index contributed by atoms with van der Waals surface area (Å²) in [6.45, 7) is 5.02. The molecule has 102 valence electrons. The van der Waals surface area contributed by atoms with E-state index in [9.17, 15) is 0 Å². The maximum Gasteiger partial charge on any atom is 0.162 e. The number of ether oxygens (including phenoxy) is 2. The summed E-state index contributed by atoms with van der Waals surface area (Å²) in [5.41, 5.74) is -0.464. The minimum Gasteiger partial charge on any atom is -0.486 e. The minimum atomic E-state index is -0.464. The van der Waals surface area contributed by atoms with Crippen LogP contribution in [0.15, 0.2) is 24.4 Å². The predicted molar refractivity (Wildman–Crippen MR) is 79.3 cm³/mol. The van der Waals surface area contributed by atoms with E-state index in [0.717, 1.165) is 28.1 Å². The Labute approximate surface area is 118 Å². The van der Waals surface area contributed by atoms with E-state index in [1.165, 1.54) is 0 Å². The van der Waals surface area contributed by atoms with Gasteiger partial charge in [0.15, 0.2) is 11.5 Å². The Morgan fingerprint density at radius 1 is 1.25 bits per heavy atom. The molecule has 1 aromatic heterocycles. The van der Waals surface area contributed by atoms with Crippen LogP contribution in [0, 0.1) is 12.3 Å². The van der Waals surface area contributed by atoms with Crippen LogP contribution in [0.5, 0.6) is 11.5 Å². The zero-order valence-corrected chi connectivity index (χ0v) is 11.6. The van der Waals surface area contributed by atoms with Gasteiger partial charge in [-0.3, -0.25) is 0 Å². The van der Waals surface area contributed by atoms with E-state index >= 15 is 0 Å². The molecule has 2 heterocycles. The largest absolute Gasteiger partial charge is 0.486 e. The predicted octanol–water partition coefficient (Wildman–Crippen LogP) is 2.83. The Morgan fingerprint density at radius 3 is 2.65 bits per heavy atom. The van der Waals surface area contributed by atoms with Gasteiger partial charge in [-0.15, -0.1) is 6.42 Å². The molecular weight excluding hydrogens is 252 g/mol. The lowest BCUT2D eigenvalue weighted by Crippen LogP contribution is -2.29. The quantitative estimate of drug-likeness (QED) is 0.851. The summed E-state index contributed by atoms with van der Waals surface area (Å²) in [5.74, 6) is 4.99. The third-order valence-corrected chi connectivity index (χ3v) is 3.22. The summed E-state index contributed by atoms with van der Waals surface area (Å²) in [7, 11) is 0. The Morgan fingerprint density at radius 2 is 1.95 bits per heavy atom. The summed E-state index contributed by atoms with van der Waals surface area (Å²) in [4.78, 5) is 4.39. The van der Waals surface area contributed by atoms with E-state index in [1.54, 1.807) is 6.20 Å². The third kappa shape index (κ3) is 2.23. The van der Waals surface area contributed by atoms with Gasteiger partial charge in [0.05, 0.1) is 5.54 Å². The van der Waals surface area contributed by atoms with Crippen molar-refractivity contribution in [1.29, 1.82) is 0 Å². The molecule has 0 radical (unpaired) electrons. The van der Waals surface area contributed by atoms with Crippen LogP contribution in [0.4, 0.5) is 5.82 Å². The summed E-state index contributed by atoms with van der Waals surface area (Å²) in [6.07, 6.45) is 7.28. The fraction of sp³-hybridized carbons (Fsp3) is 0.312. The average molecular weight is 268 g/mol. The summed E-state index contributed by atoms with van der Waals surface area (Å²) in [5, 5.41) is 5.29. The molecule has 4 heteroatoms. The van der Waals surface area contributed by atoms with Crippen LogP contribution in [-0.2, 0) is 0 Å². The van der Waals surface area contributed by atoms with Crippen molar-refractivity contribution >= 4 is 16.6 Å². The molecule has 2 aromatic rings. The first-order chi connectivity index (χ1) is 9.59. The summed E-state index contributed by atoms with van der Waals surface area (Å²) >= 11 is 0. The number of terminal acetylenes is 1.